The fraction of sp³-hybridized carbons (Fsp3) is 0. The standard InChI is InChI=1S/C13H11FN2O3/c14-11-2-1-8(15)5-12(11)16-13(19)7-3-9(17)6-10(18)4-7/h1-6,17-18H,15H2,(H,16,19). The van der Waals surface area contributed by atoms with Gasteiger partial charge in [-0.3, -0.25) is 4.79 Å². The van der Waals surface area contributed by atoms with Crippen molar-refractivity contribution in [2.24, 2.45) is 0 Å². The first-order chi connectivity index (χ1) is 8.95. The minimum atomic E-state index is -0.671. The van der Waals surface area contributed by atoms with Crippen LogP contribution >= 0.6 is 0 Å². The number of phenolic OH excluding ortho intramolecular Hbond substituents is 2. The van der Waals surface area contributed by atoms with Crippen LogP contribution in [0.3, 0.4) is 0 Å². The van der Waals surface area contributed by atoms with Crippen molar-refractivity contribution in [2.45, 2.75) is 0 Å². The molecule has 2 aromatic rings. The van der Waals surface area contributed by atoms with Gasteiger partial charge in [0.15, 0.2) is 0 Å². The molecule has 2 rings (SSSR count). The third-order valence-electron chi connectivity index (χ3n) is 2.40. The number of hydrogen-bond donors (Lipinski definition) is 4. The van der Waals surface area contributed by atoms with Gasteiger partial charge >= 0.3 is 0 Å². The molecule has 98 valence electrons. The van der Waals surface area contributed by atoms with Crippen molar-refractivity contribution in [2.75, 3.05) is 11.1 Å². The van der Waals surface area contributed by atoms with E-state index in [0.717, 1.165) is 24.3 Å². The Morgan fingerprint density at radius 3 is 2.37 bits per heavy atom. The molecular weight excluding hydrogens is 251 g/mol. The topological polar surface area (TPSA) is 95.6 Å². The van der Waals surface area contributed by atoms with E-state index in [1.165, 1.54) is 12.1 Å². The average molecular weight is 262 g/mol. The molecule has 19 heavy (non-hydrogen) atoms. The van der Waals surface area contributed by atoms with Crippen molar-refractivity contribution in [1.82, 2.24) is 0 Å². The van der Waals surface area contributed by atoms with Gasteiger partial charge in [-0.25, -0.2) is 4.39 Å². The van der Waals surface area contributed by atoms with E-state index in [4.69, 9.17) is 5.73 Å². The van der Waals surface area contributed by atoms with Gasteiger partial charge in [0, 0.05) is 17.3 Å². The van der Waals surface area contributed by atoms with Crippen LogP contribution in [0.25, 0.3) is 0 Å². The van der Waals surface area contributed by atoms with Crippen LogP contribution in [0.1, 0.15) is 10.4 Å². The fourth-order valence-corrected chi connectivity index (χ4v) is 1.56. The van der Waals surface area contributed by atoms with Gasteiger partial charge in [-0.05, 0) is 30.3 Å². The van der Waals surface area contributed by atoms with Gasteiger partial charge in [0.05, 0.1) is 5.69 Å². The molecule has 6 heteroatoms. The van der Waals surface area contributed by atoms with Gasteiger partial charge in [-0.1, -0.05) is 0 Å². The van der Waals surface area contributed by atoms with Crippen LogP contribution < -0.4 is 11.1 Å². The molecule has 1 amide bonds. The highest BCUT2D eigenvalue weighted by Crippen LogP contribution is 2.22. The monoisotopic (exact) mass is 262 g/mol. The summed E-state index contributed by atoms with van der Waals surface area (Å²) in [5.41, 5.74) is 5.72. The first-order valence-corrected chi connectivity index (χ1v) is 5.35. The summed E-state index contributed by atoms with van der Waals surface area (Å²) in [6.45, 7) is 0. The third-order valence-corrected chi connectivity index (χ3v) is 2.40. The fourth-order valence-electron chi connectivity index (χ4n) is 1.56. The Kier molecular flexibility index (Phi) is 3.24. The Labute approximate surface area is 108 Å². The summed E-state index contributed by atoms with van der Waals surface area (Å²) in [6.07, 6.45) is 0. The molecule has 0 aliphatic carbocycles. The third kappa shape index (κ3) is 2.92. The number of aromatic hydroxyl groups is 2. The average Bonchev–Trinajstić information content (AvgIpc) is 2.32. The number of hydrogen-bond acceptors (Lipinski definition) is 4. The Hall–Kier alpha value is -2.76. The summed E-state index contributed by atoms with van der Waals surface area (Å²) >= 11 is 0. The van der Waals surface area contributed by atoms with Gasteiger partial charge < -0.3 is 21.3 Å². The van der Waals surface area contributed by atoms with Crippen molar-refractivity contribution < 1.29 is 19.4 Å². The lowest BCUT2D eigenvalue weighted by Gasteiger charge is -2.08. The normalized spacial score (nSPS) is 10.2. The molecule has 0 aliphatic rings. The summed E-state index contributed by atoms with van der Waals surface area (Å²) in [6, 6.07) is 7.16. The molecule has 0 aromatic heterocycles. The number of halogens is 1. The number of nitrogens with two attached hydrogens (primary N) is 1. The number of phenols is 2. The predicted octanol–water partition coefficient (Wildman–Crippen LogP) is 2.07. The van der Waals surface area contributed by atoms with Gasteiger partial charge in [-0.2, -0.15) is 0 Å². The molecule has 5 N–H and O–H groups in total. The van der Waals surface area contributed by atoms with E-state index in [0.29, 0.717) is 5.69 Å². The van der Waals surface area contributed by atoms with E-state index in [2.05, 4.69) is 5.32 Å². The number of benzene rings is 2. The quantitative estimate of drug-likeness (QED) is 0.623. The lowest BCUT2D eigenvalue weighted by Crippen LogP contribution is -2.13. The molecule has 5 nitrogen and oxygen atoms in total. The second kappa shape index (κ2) is 4.85. The van der Waals surface area contributed by atoms with Crippen LogP contribution in [0.2, 0.25) is 0 Å². The second-order valence-electron chi connectivity index (χ2n) is 3.93. The predicted molar refractivity (Wildman–Crippen MR) is 68.5 cm³/mol. The van der Waals surface area contributed by atoms with Crippen LogP contribution in [-0.4, -0.2) is 16.1 Å². The highest BCUT2D eigenvalue weighted by molar-refractivity contribution is 6.05. The first-order valence-electron chi connectivity index (χ1n) is 5.35. The summed E-state index contributed by atoms with van der Waals surface area (Å²) in [5, 5.41) is 20.9. The van der Waals surface area contributed by atoms with Crippen LogP contribution in [-0.2, 0) is 0 Å². The molecule has 0 spiro atoms. The highest BCUT2D eigenvalue weighted by atomic mass is 19.1. The molecule has 0 saturated carbocycles. The summed E-state index contributed by atoms with van der Waals surface area (Å²) < 4.78 is 13.4. The van der Waals surface area contributed by atoms with Crippen molar-refractivity contribution in [1.29, 1.82) is 0 Å². The van der Waals surface area contributed by atoms with Gasteiger partial charge in [0.2, 0.25) is 0 Å². The highest BCUT2D eigenvalue weighted by Gasteiger charge is 2.11. The van der Waals surface area contributed by atoms with Crippen molar-refractivity contribution in [3.63, 3.8) is 0 Å². The maximum absolute atomic E-state index is 13.4. The maximum Gasteiger partial charge on any atom is 0.256 e. The Balaban J connectivity index is 2.28. The van der Waals surface area contributed by atoms with Crippen molar-refractivity contribution >= 4 is 17.3 Å². The zero-order valence-electron chi connectivity index (χ0n) is 9.72. The van der Waals surface area contributed by atoms with Crippen LogP contribution in [0.15, 0.2) is 36.4 Å². The number of amides is 1. The SMILES string of the molecule is Nc1ccc(F)c(NC(=O)c2cc(O)cc(O)c2)c1. The molecule has 0 radical (unpaired) electrons. The Morgan fingerprint density at radius 1 is 1.11 bits per heavy atom. The molecule has 0 heterocycles. The van der Waals surface area contributed by atoms with Crippen LogP contribution in [0.4, 0.5) is 15.8 Å². The maximum atomic E-state index is 13.4. The number of carbonyl (C=O) groups is 1. The van der Waals surface area contributed by atoms with E-state index in [-0.39, 0.29) is 22.7 Å². The zero-order chi connectivity index (χ0) is 14.0. The van der Waals surface area contributed by atoms with E-state index in [9.17, 15) is 19.4 Å². The van der Waals surface area contributed by atoms with E-state index in [1.807, 2.05) is 0 Å². The molecule has 0 fully saturated rings. The van der Waals surface area contributed by atoms with E-state index in [1.54, 1.807) is 0 Å². The molecule has 0 saturated heterocycles. The van der Waals surface area contributed by atoms with E-state index >= 15 is 0 Å². The molecule has 0 unspecified atom stereocenters. The molecule has 0 bridgehead atoms. The van der Waals surface area contributed by atoms with Crippen LogP contribution in [0.5, 0.6) is 11.5 Å². The number of anilines is 2. The second-order valence-corrected chi connectivity index (χ2v) is 3.93. The van der Waals surface area contributed by atoms with Crippen LogP contribution in [0, 0.1) is 5.82 Å². The lowest BCUT2D eigenvalue weighted by atomic mass is 10.1. The first kappa shape index (κ1) is 12.7. The van der Waals surface area contributed by atoms with Crippen molar-refractivity contribution in [3.05, 3.63) is 47.8 Å². The summed E-state index contributed by atoms with van der Waals surface area (Å²) in [4.78, 5) is 11.8. The Bertz CT molecular complexity index is 624. The smallest absolute Gasteiger partial charge is 0.256 e. The molecular formula is C13H11FN2O3. The zero-order valence-corrected chi connectivity index (χ0v) is 9.72. The Morgan fingerprint density at radius 2 is 1.74 bits per heavy atom. The molecule has 2 aromatic carbocycles. The lowest BCUT2D eigenvalue weighted by molar-refractivity contribution is 0.102. The molecule has 0 aliphatic heterocycles. The number of rotatable bonds is 2. The minimum Gasteiger partial charge on any atom is -0.508 e. The number of carbonyl (C=O) groups excluding carboxylic acids is 1. The number of nitrogen functional groups attached to an aromatic ring is 1. The van der Waals surface area contributed by atoms with Crippen molar-refractivity contribution in [3.8, 4) is 11.5 Å². The van der Waals surface area contributed by atoms with E-state index < -0.39 is 11.7 Å². The molecule has 0 atom stereocenters. The van der Waals surface area contributed by atoms with Gasteiger partial charge in [0.1, 0.15) is 17.3 Å². The largest absolute Gasteiger partial charge is 0.508 e. The number of nitrogens with one attached hydrogen (secondary N) is 1. The summed E-state index contributed by atoms with van der Waals surface area (Å²) in [5.74, 6) is -1.83. The van der Waals surface area contributed by atoms with Gasteiger partial charge in [0.25, 0.3) is 5.91 Å². The summed E-state index contributed by atoms with van der Waals surface area (Å²) in [7, 11) is 0. The van der Waals surface area contributed by atoms with Gasteiger partial charge in [-0.15, -0.1) is 0 Å². The minimum absolute atomic E-state index is 0.000625.